The lowest BCUT2D eigenvalue weighted by atomic mass is 10.1. The van der Waals surface area contributed by atoms with Gasteiger partial charge in [0.2, 0.25) is 0 Å². The van der Waals surface area contributed by atoms with Crippen molar-refractivity contribution >= 4 is 0 Å². The van der Waals surface area contributed by atoms with Gasteiger partial charge in [0.1, 0.15) is 5.56 Å². The third kappa shape index (κ3) is 3.64. The maximum absolute atomic E-state index is 12.7. The number of hydrogen-bond acceptors (Lipinski definition) is 4. The lowest BCUT2D eigenvalue weighted by Crippen LogP contribution is -2.21. The van der Waals surface area contributed by atoms with E-state index in [1.54, 1.807) is 0 Å². The summed E-state index contributed by atoms with van der Waals surface area (Å²) >= 11 is 0. The highest BCUT2D eigenvalue weighted by Crippen LogP contribution is 2.44. The van der Waals surface area contributed by atoms with Crippen molar-refractivity contribution in [3.8, 4) is 17.6 Å². The van der Waals surface area contributed by atoms with Gasteiger partial charge in [-0.15, -0.1) is 13.2 Å². The van der Waals surface area contributed by atoms with Crippen molar-refractivity contribution in [2.75, 3.05) is 0 Å². The third-order valence-electron chi connectivity index (χ3n) is 1.84. The molecule has 0 aliphatic rings. The average molecular weight is 286 g/mol. The van der Waals surface area contributed by atoms with Gasteiger partial charge in [-0.1, -0.05) is 0 Å². The van der Waals surface area contributed by atoms with E-state index in [-0.39, 0.29) is 0 Å². The van der Waals surface area contributed by atoms with Gasteiger partial charge in [-0.25, -0.2) is 0 Å². The first-order chi connectivity index (χ1) is 8.56. The number of alkyl halides is 6. The molecule has 0 unspecified atom stereocenters. The molecular weight excluding hydrogens is 282 g/mol. The number of ether oxygens (including phenoxy) is 1. The summed E-state index contributed by atoms with van der Waals surface area (Å²) in [4.78, 5) is 3.09. The minimum atomic E-state index is -5.43. The van der Waals surface area contributed by atoms with E-state index in [1.165, 1.54) is 6.07 Å². The zero-order valence-corrected chi connectivity index (χ0v) is 8.80. The van der Waals surface area contributed by atoms with Crippen LogP contribution in [0.1, 0.15) is 11.3 Å². The molecule has 4 nitrogen and oxygen atoms in total. The molecule has 0 saturated heterocycles. The second-order valence-corrected chi connectivity index (χ2v) is 3.17. The van der Waals surface area contributed by atoms with Gasteiger partial charge in [0.25, 0.3) is 0 Å². The highest BCUT2D eigenvalue weighted by Gasteiger charge is 2.43. The topological polar surface area (TPSA) is 66.1 Å². The molecule has 1 heterocycles. The maximum atomic E-state index is 12.7. The number of nitrogens with zero attached hydrogens (tertiary/aromatic N) is 2. The molecule has 0 bridgehead atoms. The molecule has 0 aliphatic carbocycles. The van der Waals surface area contributed by atoms with E-state index < -0.39 is 41.7 Å². The van der Waals surface area contributed by atoms with Gasteiger partial charge >= 0.3 is 12.5 Å². The highest BCUT2D eigenvalue weighted by atomic mass is 19.4. The number of rotatable bonds is 2. The second kappa shape index (κ2) is 4.83. The van der Waals surface area contributed by atoms with Crippen molar-refractivity contribution in [2.45, 2.75) is 19.0 Å². The highest BCUT2D eigenvalue weighted by molar-refractivity contribution is 5.48. The predicted molar refractivity (Wildman–Crippen MR) is 46.9 cm³/mol. The monoisotopic (exact) mass is 286 g/mol. The summed E-state index contributed by atoms with van der Waals surface area (Å²) in [6.45, 7) is 0. The van der Waals surface area contributed by atoms with E-state index in [4.69, 9.17) is 10.4 Å². The predicted octanol–water partition coefficient (Wildman–Crippen LogP) is 2.77. The molecule has 1 rings (SSSR count). The fourth-order valence-electron chi connectivity index (χ4n) is 1.24. The quantitative estimate of drug-likeness (QED) is 0.849. The number of pyridine rings is 1. The van der Waals surface area contributed by atoms with Gasteiger partial charge in [-0.05, 0) is 0 Å². The average Bonchev–Trinajstić information content (AvgIpc) is 2.19. The van der Waals surface area contributed by atoms with Gasteiger partial charge in [0, 0.05) is 0 Å². The van der Waals surface area contributed by atoms with Crippen LogP contribution in [0.3, 0.4) is 0 Å². The molecule has 0 saturated carbocycles. The van der Waals surface area contributed by atoms with E-state index in [1.807, 2.05) is 0 Å². The number of halogens is 6. The summed E-state index contributed by atoms with van der Waals surface area (Å²) < 4.78 is 77.3. The second-order valence-electron chi connectivity index (χ2n) is 3.17. The Balaban J connectivity index is 3.50. The Labute approximate surface area is 101 Å². The van der Waals surface area contributed by atoms with Gasteiger partial charge in [-0.3, -0.25) is 4.98 Å². The molecule has 1 N–H and O–H groups in total. The first-order valence-electron chi connectivity index (χ1n) is 4.47. The van der Waals surface area contributed by atoms with E-state index in [2.05, 4.69) is 9.72 Å². The molecule has 10 heteroatoms. The van der Waals surface area contributed by atoms with Crippen LogP contribution in [-0.2, 0) is 12.6 Å². The van der Waals surface area contributed by atoms with Gasteiger partial charge in [-0.2, -0.15) is 18.4 Å². The van der Waals surface area contributed by atoms with E-state index in [0.29, 0.717) is 6.20 Å². The summed E-state index contributed by atoms with van der Waals surface area (Å²) in [5.74, 6) is -3.24. The zero-order chi connectivity index (χ0) is 14.8. The lowest BCUT2D eigenvalue weighted by Gasteiger charge is -2.17. The van der Waals surface area contributed by atoms with E-state index in [9.17, 15) is 26.3 Å². The first-order valence-corrected chi connectivity index (χ1v) is 4.47. The minimum absolute atomic E-state index is 0.350. The van der Waals surface area contributed by atoms with Crippen molar-refractivity contribution in [1.82, 2.24) is 4.98 Å². The van der Waals surface area contributed by atoms with Crippen molar-refractivity contribution in [2.24, 2.45) is 0 Å². The summed E-state index contributed by atoms with van der Waals surface area (Å²) in [5, 5.41) is 17.4. The molecular formula is C9H4F6N2O2. The van der Waals surface area contributed by atoms with Crippen LogP contribution in [0.15, 0.2) is 6.20 Å². The van der Waals surface area contributed by atoms with Crippen molar-refractivity contribution < 1.29 is 36.2 Å². The molecule has 19 heavy (non-hydrogen) atoms. The van der Waals surface area contributed by atoms with Gasteiger partial charge < -0.3 is 9.84 Å². The summed E-state index contributed by atoms with van der Waals surface area (Å²) in [7, 11) is 0. The summed E-state index contributed by atoms with van der Waals surface area (Å²) in [6, 6.07) is 1.33. The van der Waals surface area contributed by atoms with Crippen molar-refractivity contribution in [3.05, 3.63) is 17.5 Å². The molecule has 0 aliphatic heterocycles. The van der Waals surface area contributed by atoms with Crippen LogP contribution in [0.5, 0.6) is 11.5 Å². The fraction of sp³-hybridized carbons (Fsp3) is 0.333. The first kappa shape index (κ1) is 14.9. The Hall–Kier alpha value is -2.18. The smallest absolute Gasteiger partial charge is 0.503 e. The Morgan fingerprint density at radius 3 is 2.26 bits per heavy atom. The van der Waals surface area contributed by atoms with Crippen LogP contribution in [0.25, 0.3) is 0 Å². The summed E-state index contributed by atoms with van der Waals surface area (Å²) in [6.07, 6.45) is -11.2. The van der Waals surface area contributed by atoms with Crippen LogP contribution in [-0.4, -0.2) is 16.5 Å². The summed E-state index contributed by atoms with van der Waals surface area (Å²) in [5.41, 5.74) is -2.89. The molecule has 1 aromatic rings. The molecule has 0 atom stereocenters. The lowest BCUT2D eigenvalue weighted by molar-refractivity contribution is -0.276. The van der Waals surface area contributed by atoms with Crippen LogP contribution in [0, 0.1) is 11.3 Å². The molecule has 0 fully saturated rings. The van der Waals surface area contributed by atoms with Crippen LogP contribution < -0.4 is 4.74 Å². The fourth-order valence-corrected chi connectivity index (χ4v) is 1.24. The zero-order valence-electron chi connectivity index (χ0n) is 8.80. The Morgan fingerprint density at radius 1 is 1.26 bits per heavy atom. The number of aromatic nitrogens is 1. The van der Waals surface area contributed by atoms with Crippen LogP contribution >= 0.6 is 0 Å². The molecule has 0 aromatic carbocycles. The SMILES string of the molecule is N#CCc1ncc(O)c(OC(F)(F)F)c1C(F)(F)F. The number of aromatic hydroxyl groups is 1. The number of nitriles is 1. The third-order valence-corrected chi connectivity index (χ3v) is 1.84. The Bertz CT molecular complexity index is 517. The molecule has 0 spiro atoms. The molecule has 0 radical (unpaired) electrons. The van der Waals surface area contributed by atoms with Gasteiger partial charge in [0.05, 0.1) is 24.4 Å². The van der Waals surface area contributed by atoms with Crippen molar-refractivity contribution in [3.63, 3.8) is 0 Å². The largest absolute Gasteiger partial charge is 0.573 e. The minimum Gasteiger partial charge on any atom is -0.503 e. The van der Waals surface area contributed by atoms with E-state index in [0.717, 1.165) is 0 Å². The Morgan fingerprint density at radius 2 is 1.84 bits per heavy atom. The maximum Gasteiger partial charge on any atom is 0.573 e. The molecule has 104 valence electrons. The molecule has 1 aromatic heterocycles. The van der Waals surface area contributed by atoms with Crippen LogP contribution in [0.4, 0.5) is 26.3 Å². The van der Waals surface area contributed by atoms with Crippen molar-refractivity contribution in [1.29, 1.82) is 5.26 Å². The Kier molecular flexibility index (Phi) is 3.78. The standard InChI is InChI=1S/C9H4F6N2O2/c10-8(11,12)6-4(1-2-16)17-3-5(18)7(6)19-9(13,14)15/h3,18H,1H2. The van der Waals surface area contributed by atoms with E-state index >= 15 is 0 Å². The molecule has 0 amide bonds. The normalized spacial score (nSPS) is 12.1. The van der Waals surface area contributed by atoms with Crippen LogP contribution in [0.2, 0.25) is 0 Å². The number of hydrogen-bond donors (Lipinski definition) is 1. The van der Waals surface area contributed by atoms with Gasteiger partial charge in [0.15, 0.2) is 11.5 Å².